The minimum absolute atomic E-state index is 0.0656. The van der Waals surface area contributed by atoms with Gasteiger partial charge in [0.25, 0.3) is 0 Å². The van der Waals surface area contributed by atoms with Crippen LogP contribution in [0.5, 0.6) is 0 Å². The van der Waals surface area contributed by atoms with Gasteiger partial charge in [-0.3, -0.25) is 0 Å². The third-order valence-corrected chi connectivity index (χ3v) is 2.98. The van der Waals surface area contributed by atoms with Gasteiger partial charge in [-0.15, -0.1) is 10.2 Å². The number of aliphatic hydroxyl groups is 1. The smallest absolute Gasteiger partial charge is 0.146 e. The van der Waals surface area contributed by atoms with Crippen LogP contribution in [-0.4, -0.2) is 26.4 Å². The molecule has 2 aromatic rings. The molecule has 0 spiro atoms. The second kappa shape index (κ2) is 6.53. The molecule has 0 amide bonds. The number of hydrogen-bond acceptors (Lipinski definition) is 4. The maximum absolute atomic E-state index is 13.5. The Morgan fingerprint density at radius 1 is 1.40 bits per heavy atom. The van der Waals surface area contributed by atoms with E-state index in [9.17, 15) is 13.9 Å². The molecule has 2 N–H and O–H groups in total. The zero-order valence-electron chi connectivity index (χ0n) is 11.1. The number of benzene rings is 1. The molecular formula is C13H16F2N4O. The first-order valence-electron chi connectivity index (χ1n) is 6.32. The van der Waals surface area contributed by atoms with Crippen LogP contribution >= 0.6 is 0 Å². The Balaban J connectivity index is 1.90. The highest BCUT2D eigenvalue weighted by molar-refractivity contribution is 5.21. The summed E-state index contributed by atoms with van der Waals surface area (Å²) >= 11 is 0. The van der Waals surface area contributed by atoms with E-state index < -0.39 is 17.7 Å². The second-order valence-electron chi connectivity index (χ2n) is 4.35. The van der Waals surface area contributed by atoms with Crippen molar-refractivity contribution in [3.63, 3.8) is 0 Å². The summed E-state index contributed by atoms with van der Waals surface area (Å²) in [5.74, 6) is -0.683. The maximum Gasteiger partial charge on any atom is 0.146 e. The van der Waals surface area contributed by atoms with Crippen molar-refractivity contribution < 1.29 is 13.9 Å². The summed E-state index contributed by atoms with van der Waals surface area (Å²) in [5.41, 5.74) is 0.0656. The normalized spacial score (nSPS) is 12.6. The van der Waals surface area contributed by atoms with Gasteiger partial charge in [0.15, 0.2) is 0 Å². The second-order valence-corrected chi connectivity index (χ2v) is 4.35. The molecule has 0 aliphatic carbocycles. The molecule has 0 bridgehead atoms. The van der Waals surface area contributed by atoms with Crippen LogP contribution in [0.1, 0.15) is 24.4 Å². The lowest BCUT2D eigenvalue weighted by molar-refractivity contribution is 0.169. The lowest BCUT2D eigenvalue weighted by atomic mass is 10.1. The van der Waals surface area contributed by atoms with Crippen molar-refractivity contribution in [2.45, 2.75) is 26.1 Å². The van der Waals surface area contributed by atoms with Gasteiger partial charge in [-0.2, -0.15) is 0 Å². The van der Waals surface area contributed by atoms with Crippen LogP contribution in [0.25, 0.3) is 0 Å². The topological polar surface area (TPSA) is 63.0 Å². The maximum atomic E-state index is 13.5. The van der Waals surface area contributed by atoms with Crippen LogP contribution in [0.2, 0.25) is 0 Å². The van der Waals surface area contributed by atoms with Crippen molar-refractivity contribution >= 4 is 0 Å². The number of aryl methyl sites for hydroxylation is 1. The molecule has 1 atom stereocenters. The molecule has 1 unspecified atom stereocenters. The number of aromatic nitrogens is 3. The van der Waals surface area contributed by atoms with Gasteiger partial charge in [0.2, 0.25) is 0 Å². The third-order valence-electron chi connectivity index (χ3n) is 2.98. The van der Waals surface area contributed by atoms with E-state index in [-0.39, 0.29) is 12.1 Å². The van der Waals surface area contributed by atoms with Crippen LogP contribution < -0.4 is 5.32 Å². The van der Waals surface area contributed by atoms with Gasteiger partial charge >= 0.3 is 0 Å². The van der Waals surface area contributed by atoms with Crippen LogP contribution in [-0.2, 0) is 13.1 Å². The van der Waals surface area contributed by atoms with Crippen molar-refractivity contribution in [2.75, 3.05) is 6.54 Å². The highest BCUT2D eigenvalue weighted by atomic mass is 19.1. The molecule has 1 aromatic carbocycles. The van der Waals surface area contributed by atoms with Crippen LogP contribution in [0.15, 0.2) is 24.5 Å². The lowest BCUT2D eigenvalue weighted by Gasteiger charge is -2.13. The van der Waals surface area contributed by atoms with E-state index in [1.54, 1.807) is 6.33 Å². The van der Waals surface area contributed by atoms with Crippen LogP contribution in [0.4, 0.5) is 8.78 Å². The molecule has 0 radical (unpaired) electrons. The quantitative estimate of drug-likeness (QED) is 0.840. The molecule has 0 fully saturated rings. The van der Waals surface area contributed by atoms with Crippen molar-refractivity contribution in [3.05, 3.63) is 47.5 Å². The Morgan fingerprint density at radius 3 is 2.90 bits per heavy atom. The van der Waals surface area contributed by atoms with Crippen LogP contribution in [0.3, 0.4) is 0 Å². The first-order valence-corrected chi connectivity index (χ1v) is 6.32. The summed E-state index contributed by atoms with van der Waals surface area (Å²) in [6, 6.07) is 3.12. The van der Waals surface area contributed by atoms with E-state index in [2.05, 4.69) is 15.5 Å². The largest absolute Gasteiger partial charge is 0.387 e. The van der Waals surface area contributed by atoms with E-state index >= 15 is 0 Å². The van der Waals surface area contributed by atoms with Gasteiger partial charge in [0, 0.05) is 24.7 Å². The fraction of sp³-hybridized carbons (Fsp3) is 0.385. The van der Waals surface area contributed by atoms with Crippen molar-refractivity contribution in [1.29, 1.82) is 0 Å². The SMILES string of the molecule is CCn1cnnc1CNCC(O)c1ccc(F)cc1F. The summed E-state index contributed by atoms with van der Waals surface area (Å²) < 4.78 is 28.1. The Labute approximate surface area is 115 Å². The van der Waals surface area contributed by atoms with Gasteiger partial charge < -0.3 is 15.0 Å². The fourth-order valence-corrected chi connectivity index (χ4v) is 1.88. The Bertz CT molecular complexity index is 573. The molecule has 0 saturated heterocycles. The number of nitrogens with zero attached hydrogens (tertiary/aromatic N) is 3. The fourth-order valence-electron chi connectivity index (χ4n) is 1.88. The molecule has 1 heterocycles. The highest BCUT2D eigenvalue weighted by Crippen LogP contribution is 2.17. The minimum Gasteiger partial charge on any atom is -0.387 e. The molecule has 108 valence electrons. The molecular weight excluding hydrogens is 266 g/mol. The summed E-state index contributed by atoms with van der Waals surface area (Å²) in [6.07, 6.45) is 0.571. The molecule has 5 nitrogen and oxygen atoms in total. The van der Waals surface area contributed by atoms with Gasteiger partial charge in [-0.25, -0.2) is 8.78 Å². The predicted molar refractivity (Wildman–Crippen MR) is 68.7 cm³/mol. The van der Waals surface area contributed by atoms with Crippen molar-refractivity contribution in [3.8, 4) is 0 Å². The number of nitrogens with one attached hydrogen (secondary N) is 1. The first-order chi connectivity index (χ1) is 9.61. The van der Waals surface area contributed by atoms with Crippen molar-refractivity contribution in [2.24, 2.45) is 0 Å². The third kappa shape index (κ3) is 3.37. The molecule has 20 heavy (non-hydrogen) atoms. The summed E-state index contributed by atoms with van der Waals surface area (Å²) in [5, 5.41) is 20.6. The van der Waals surface area contributed by atoms with Crippen molar-refractivity contribution in [1.82, 2.24) is 20.1 Å². The van der Waals surface area contributed by atoms with E-state index in [0.717, 1.165) is 24.5 Å². The van der Waals surface area contributed by atoms with E-state index in [1.165, 1.54) is 6.07 Å². The number of halogens is 2. The molecule has 0 aliphatic heterocycles. The summed E-state index contributed by atoms with van der Waals surface area (Å²) in [7, 11) is 0. The summed E-state index contributed by atoms with van der Waals surface area (Å²) in [6.45, 7) is 3.27. The summed E-state index contributed by atoms with van der Waals surface area (Å²) in [4.78, 5) is 0. The van der Waals surface area contributed by atoms with Gasteiger partial charge in [-0.1, -0.05) is 6.07 Å². The average molecular weight is 282 g/mol. The molecule has 2 rings (SSSR count). The molecule has 1 aromatic heterocycles. The Kier molecular flexibility index (Phi) is 4.75. The van der Waals surface area contributed by atoms with E-state index in [1.807, 2.05) is 11.5 Å². The first kappa shape index (κ1) is 14.5. The highest BCUT2D eigenvalue weighted by Gasteiger charge is 2.13. The zero-order chi connectivity index (χ0) is 14.5. The average Bonchev–Trinajstić information content (AvgIpc) is 2.86. The Morgan fingerprint density at radius 2 is 2.20 bits per heavy atom. The van der Waals surface area contributed by atoms with E-state index in [4.69, 9.17) is 0 Å². The molecule has 7 heteroatoms. The standard InChI is InChI=1S/C13H16F2N4O/c1-2-19-8-17-18-13(19)7-16-6-12(20)10-4-3-9(14)5-11(10)15/h3-5,8,12,16,20H,2,6-7H2,1H3. The molecule has 0 aliphatic rings. The number of aliphatic hydroxyl groups excluding tert-OH is 1. The minimum atomic E-state index is -1.05. The van der Waals surface area contributed by atoms with Gasteiger partial charge in [0.05, 0.1) is 12.6 Å². The monoisotopic (exact) mass is 282 g/mol. The molecule has 0 saturated carbocycles. The number of hydrogen-bond donors (Lipinski definition) is 2. The zero-order valence-corrected chi connectivity index (χ0v) is 11.1. The van der Waals surface area contributed by atoms with Crippen LogP contribution in [0, 0.1) is 11.6 Å². The Hall–Kier alpha value is -1.86. The van der Waals surface area contributed by atoms with Gasteiger partial charge in [0.1, 0.15) is 23.8 Å². The predicted octanol–water partition coefficient (Wildman–Crippen LogP) is 1.40. The van der Waals surface area contributed by atoms with Gasteiger partial charge in [-0.05, 0) is 13.0 Å². The lowest BCUT2D eigenvalue weighted by Crippen LogP contribution is -2.23. The van der Waals surface area contributed by atoms with E-state index in [0.29, 0.717) is 6.54 Å². The number of rotatable bonds is 6.